The van der Waals surface area contributed by atoms with Gasteiger partial charge in [-0.1, -0.05) is 36.4 Å². The Morgan fingerprint density at radius 3 is 2.59 bits per heavy atom. The molecule has 2 heterocycles. The predicted molar refractivity (Wildman–Crippen MR) is 129 cm³/mol. The lowest BCUT2D eigenvalue weighted by atomic mass is 9.84. The standard InChI is InChI=1S/C27H27N3O4/c1-4-33-21-11-10-19(15-22(21)32-3)24-20(16-28)26(29)34-23-14-17(2)30(27(31)25(23)24)13-12-18-8-6-5-7-9-18/h5-11,14-15,24H,4,12-13,29H2,1-3H3/t24-/m0/s1. The molecule has 0 spiro atoms. The summed E-state index contributed by atoms with van der Waals surface area (Å²) in [6.45, 7) is 4.74. The van der Waals surface area contributed by atoms with Crippen molar-refractivity contribution in [3.63, 3.8) is 0 Å². The third-order valence-electron chi connectivity index (χ3n) is 5.98. The summed E-state index contributed by atoms with van der Waals surface area (Å²) in [7, 11) is 1.55. The van der Waals surface area contributed by atoms with E-state index in [1.807, 2.05) is 56.3 Å². The number of rotatable bonds is 7. The molecular formula is C27H27N3O4. The molecule has 1 aliphatic rings. The zero-order chi connectivity index (χ0) is 24.2. The number of ether oxygens (including phenoxy) is 3. The van der Waals surface area contributed by atoms with E-state index < -0.39 is 5.92 Å². The minimum atomic E-state index is -0.686. The molecule has 0 bridgehead atoms. The van der Waals surface area contributed by atoms with Crippen LogP contribution in [0.5, 0.6) is 17.2 Å². The van der Waals surface area contributed by atoms with Crippen LogP contribution in [-0.4, -0.2) is 18.3 Å². The van der Waals surface area contributed by atoms with Crippen LogP contribution in [0.4, 0.5) is 0 Å². The normalized spacial score (nSPS) is 14.7. The summed E-state index contributed by atoms with van der Waals surface area (Å²) >= 11 is 0. The highest BCUT2D eigenvalue weighted by Crippen LogP contribution is 2.42. The summed E-state index contributed by atoms with van der Waals surface area (Å²) in [6, 6.07) is 19.3. The second kappa shape index (κ2) is 9.75. The Morgan fingerprint density at radius 2 is 1.91 bits per heavy atom. The fourth-order valence-corrected chi connectivity index (χ4v) is 4.32. The summed E-state index contributed by atoms with van der Waals surface area (Å²) in [5.74, 6) is 0.774. The number of benzene rings is 2. The van der Waals surface area contributed by atoms with Crippen molar-refractivity contribution in [1.82, 2.24) is 4.57 Å². The molecule has 0 aliphatic carbocycles. The summed E-state index contributed by atoms with van der Waals surface area (Å²) < 4.78 is 18.6. The molecule has 1 aliphatic heterocycles. The van der Waals surface area contributed by atoms with E-state index in [1.165, 1.54) is 0 Å². The molecule has 4 rings (SSSR count). The monoisotopic (exact) mass is 457 g/mol. The van der Waals surface area contributed by atoms with Crippen molar-refractivity contribution in [2.75, 3.05) is 13.7 Å². The Bertz CT molecular complexity index is 1340. The zero-order valence-electron chi connectivity index (χ0n) is 19.5. The van der Waals surface area contributed by atoms with Crippen molar-refractivity contribution in [2.45, 2.75) is 32.7 Å². The lowest BCUT2D eigenvalue weighted by molar-refractivity contribution is 0.310. The molecule has 0 saturated heterocycles. The van der Waals surface area contributed by atoms with Gasteiger partial charge in [0.2, 0.25) is 5.88 Å². The van der Waals surface area contributed by atoms with E-state index in [-0.39, 0.29) is 17.0 Å². The van der Waals surface area contributed by atoms with E-state index in [0.717, 1.165) is 11.3 Å². The second-order valence-electron chi connectivity index (χ2n) is 8.02. The van der Waals surface area contributed by atoms with Gasteiger partial charge in [0.25, 0.3) is 5.56 Å². The molecular weight excluding hydrogens is 430 g/mol. The molecule has 0 saturated carbocycles. The van der Waals surface area contributed by atoms with Crippen LogP contribution < -0.4 is 25.5 Å². The summed E-state index contributed by atoms with van der Waals surface area (Å²) in [5, 5.41) is 9.92. The number of allylic oxidation sites excluding steroid dienone is 1. The van der Waals surface area contributed by atoms with Crippen LogP contribution in [0.25, 0.3) is 0 Å². The van der Waals surface area contributed by atoms with Crippen LogP contribution in [0.3, 0.4) is 0 Å². The average molecular weight is 458 g/mol. The topological polar surface area (TPSA) is 99.5 Å². The van der Waals surface area contributed by atoms with Crippen LogP contribution in [0.15, 0.2) is 70.8 Å². The van der Waals surface area contributed by atoms with Gasteiger partial charge in [0.1, 0.15) is 17.4 Å². The maximum Gasteiger partial charge on any atom is 0.258 e. The molecule has 3 aromatic rings. The predicted octanol–water partition coefficient (Wildman–Crippen LogP) is 4.02. The quantitative estimate of drug-likeness (QED) is 0.575. The van der Waals surface area contributed by atoms with Gasteiger partial charge >= 0.3 is 0 Å². The third kappa shape index (κ3) is 4.23. The van der Waals surface area contributed by atoms with E-state index in [1.54, 1.807) is 23.8 Å². The Balaban J connectivity index is 1.84. The maximum atomic E-state index is 13.8. The highest BCUT2D eigenvalue weighted by atomic mass is 16.5. The van der Waals surface area contributed by atoms with E-state index in [0.29, 0.717) is 47.9 Å². The van der Waals surface area contributed by atoms with Gasteiger partial charge in [-0.15, -0.1) is 0 Å². The number of aryl methyl sites for hydroxylation is 2. The van der Waals surface area contributed by atoms with Gasteiger partial charge < -0.3 is 24.5 Å². The third-order valence-corrected chi connectivity index (χ3v) is 5.98. The second-order valence-corrected chi connectivity index (χ2v) is 8.02. The first-order chi connectivity index (χ1) is 16.5. The highest BCUT2D eigenvalue weighted by molar-refractivity contribution is 5.57. The van der Waals surface area contributed by atoms with Gasteiger partial charge in [-0.3, -0.25) is 4.79 Å². The largest absolute Gasteiger partial charge is 0.493 e. The zero-order valence-corrected chi connectivity index (χ0v) is 19.5. The van der Waals surface area contributed by atoms with Gasteiger partial charge in [-0.2, -0.15) is 5.26 Å². The smallest absolute Gasteiger partial charge is 0.258 e. The van der Waals surface area contributed by atoms with Gasteiger partial charge in [-0.05, 0) is 43.5 Å². The van der Waals surface area contributed by atoms with Crippen molar-refractivity contribution in [2.24, 2.45) is 5.73 Å². The maximum absolute atomic E-state index is 13.8. The number of methoxy groups -OCH3 is 1. The Hall–Kier alpha value is -4.18. The number of hydrogen-bond donors (Lipinski definition) is 1. The molecule has 0 radical (unpaired) electrons. The fourth-order valence-electron chi connectivity index (χ4n) is 4.32. The summed E-state index contributed by atoms with van der Waals surface area (Å²) in [6.07, 6.45) is 0.700. The summed E-state index contributed by atoms with van der Waals surface area (Å²) in [5.41, 5.74) is 9.08. The molecule has 2 N–H and O–H groups in total. The number of pyridine rings is 1. The molecule has 0 amide bonds. The number of hydrogen-bond acceptors (Lipinski definition) is 6. The van der Waals surface area contributed by atoms with E-state index >= 15 is 0 Å². The summed E-state index contributed by atoms with van der Waals surface area (Å²) in [4.78, 5) is 13.8. The van der Waals surface area contributed by atoms with Crippen LogP contribution >= 0.6 is 0 Å². The van der Waals surface area contributed by atoms with Crippen molar-refractivity contribution in [3.05, 3.63) is 98.8 Å². The Kier molecular flexibility index (Phi) is 6.60. The SMILES string of the molecule is CCOc1ccc([C@H]2C(C#N)=C(N)Oc3cc(C)n(CCc4ccccc4)c(=O)c32)cc1OC. The molecule has 7 nitrogen and oxygen atoms in total. The van der Waals surface area contributed by atoms with Crippen LogP contribution in [0.1, 0.15) is 35.2 Å². The number of nitrogens with two attached hydrogens (primary N) is 1. The molecule has 0 unspecified atom stereocenters. The average Bonchev–Trinajstić information content (AvgIpc) is 2.84. The molecule has 1 atom stereocenters. The van der Waals surface area contributed by atoms with Crippen LogP contribution in [-0.2, 0) is 13.0 Å². The molecule has 174 valence electrons. The van der Waals surface area contributed by atoms with Gasteiger partial charge in [0.05, 0.1) is 25.2 Å². The number of fused-ring (bicyclic) bond motifs is 1. The van der Waals surface area contributed by atoms with Crippen molar-refractivity contribution in [3.8, 4) is 23.3 Å². The van der Waals surface area contributed by atoms with E-state index in [9.17, 15) is 10.1 Å². The minimum absolute atomic E-state index is 0.00585. The lowest BCUT2D eigenvalue weighted by Gasteiger charge is -2.27. The number of aromatic nitrogens is 1. The Morgan fingerprint density at radius 1 is 1.15 bits per heavy atom. The van der Waals surface area contributed by atoms with Gasteiger partial charge in [0.15, 0.2) is 11.5 Å². The Labute approximate surface area is 198 Å². The van der Waals surface area contributed by atoms with Crippen molar-refractivity contribution >= 4 is 0 Å². The number of nitriles is 1. The van der Waals surface area contributed by atoms with E-state index in [2.05, 4.69) is 6.07 Å². The molecule has 0 fully saturated rings. The van der Waals surface area contributed by atoms with Crippen LogP contribution in [0, 0.1) is 18.3 Å². The first-order valence-corrected chi connectivity index (χ1v) is 11.1. The number of nitrogens with zero attached hydrogens (tertiary/aromatic N) is 2. The molecule has 34 heavy (non-hydrogen) atoms. The van der Waals surface area contributed by atoms with Gasteiger partial charge in [0, 0.05) is 18.3 Å². The van der Waals surface area contributed by atoms with E-state index in [4.69, 9.17) is 19.9 Å². The first kappa shape index (κ1) is 23.0. The molecule has 1 aromatic heterocycles. The van der Waals surface area contributed by atoms with Crippen molar-refractivity contribution < 1.29 is 14.2 Å². The first-order valence-electron chi connectivity index (χ1n) is 11.1. The highest BCUT2D eigenvalue weighted by Gasteiger charge is 2.34. The minimum Gasteiger partial charge on any atom is -0.493 e. The fraction of sp³-hybridized carbons (Fsp3) is 0.259. The lowest BCUT2D eigenvalue weighted by Crippen LogP contribution is -2.33. The van der Waals surface area contributed by atoms with Crippen molar-refractivity contribution in [1.29, 1.82) is 5.26 Å². The van der Waals surface area contributed by atoms with Gasteiger partial charge in [-0.25, -0.2) is 0 Å². The molecule has 2 aromatic carbocycles. The molecule has 7 heteroatoms. The van der Waals surface area contributed by atoms with Crippen LogP contribution in [0.2, 0.25) is 0 Å².